The van der Waals surface area contributed by atoms with E-state index in [2.05, 4.69) is 203 Å². The fourth-order valence-corrected chi connectivity index (χ4v) is 15.4. The number of hydrogen-bond acceptors (Lipinski definition) is 2. The SMILES string of the molecule is CC(C)(c1c(-c2ccccc2F)c(-n2c3ccccc3c3c4c(ccc32)sc2ccccc24)cc(-n2c3ccccc3c3c4c(ccc32)sc2ccccc24)c1-c1ccccc1F)n1c2ccccc2c2ccccc21. The van der Waals surface area contributed by atoms with Crippen LogP contribution in [0.5, 0.6) is 0 Å². The number of hydrogen-bond donors (Lipinski definition) is 0. The molecule has 0 amide bonds. The first-order valence-corrected chi connectivity index (χ1v) is 27.4. The van der Waals surface area contributed by atoms with Crippen LogP contribution in [0.3, 0.4) is 0 Å². The van der Waals surface area contributed by atoms with E-state index in [-0.39, 0.29) is 11.6 Å². The van der Waals surface area contributed by atoms with Gasteiger partial charge in [0.1, 0.15) is 11.6 Å². The van der Waals surface area contributed by atoms with E-state index in [4.69, 9.17) is 0 Å². The third-order valence-electron chi connectivity index (χ3n) is 16.2. The molecule has 0 saturated heterocycles. The Hall–Kier alpha value is -8.88. The van der Waals surface area contributed by atoms with Crippen LogP contribution in [0.2, 0.25) is 0 Å². The van der Waals surface area contributed by atoms with E-state index in [9.17, 15) is 0 Å². The number of thiophene rings is 2. The van der Waals surface area contributed by atoms with E-state index < -0.39 is 5.54 Å². The standard InChI is InChI=1S/C69H43F2N3S2/c1-69(2,74-52-31-15-5-19-40(52)41-20-6-16-32-53(41)74)68-64(42-21-3-11-27-48(42)70)56(72-50-29-13-7-23-44(50)62-54(72)35-37-60-66(62)46-25-9-17-33-58(46)75-60)39-57(65(68)43-22-4-12-28-49(43)71)73-51-30-14-8-24-45(51)63-55(73)36-38-61-67(63)47-26-10-18-34-59(47)76-61/h3-39H,1-2H3. The van der Waals surface area contributed by atoms with Crippen LogP contribution >= 0.6 is 22.7 Å². The highest BCUT2D eigenvalue weighted by Crippen LogP contribution is 2.54. The van der Waals surface area contributed by atoms with Crippen molar-refractivity contribution in [3.05, 3.63) is 242 Å². The second-order valence-corrected chi connectivity index (χ2v) is 22.7. The fourth-order valence-electron chi connectivity index (χ4n) is 13.2. The second-order valence-electron chi connectivity index (χ2n) is 20.5. The Kier molecular flexibility index (Phi) is 9.20. The van der Waals surface area contributed by atoms with Crippen molar-refractivity contribution in [2.24, 2.45) is 0 Å². The summed E-state index contributed by atoms with van der Waals surface area (Å²) in [5, 5.41) is 11.5. The lowest BCUT2D eigenvalue weighted by Gasteiger charge is -2.37. The lowest BCUT2D eigenvalue weighted by atomic mass is 9.78. The highest BCUT2D eigenvalue weighted by molar-refractivity contribution is 7.26. The van der Waals surface area contributed by atoms with Gasteiger partial charge in [-0.1, -0.05) is 146 Å². The Morgan fingerprint density at radius 3 is 1.14 bits per heavy atom. The Bertz CT molecular complexity index is 4830. The van der Waals surface area contributed by atoms with E-state index in [1.807, 2.05) is 24.3 Å². The molecule has 5 aromatic heterocycles. The fraction of sp³-hybridized carbons (Fsp3) is 0.0435. The predicted octanol–water partition coefficient (Wildman–Crippen LogP) is 20.1. The van der Waals surface area contributed by atoms with Crippen LogP contribution in [-0.2, 0) is 5.54 Å². The van der Waals surface area contributed by atoms with E-state index in [0.717, 1.165) is 82.4 Å². The lowest BCUT2D eigenvalue weighted by molar-refractivity contribution is 0.466. The first-order valence-electron chi connectivity index (χ1n) is 25.7. The number of nitrogens with zero attached hydrogens (tertiary/aromatic N) is 3. The molecule has 76 heavy (non-hydrogen) atoms. The minimum atomic E-state index is -1.02. The molecule has 0 spiro atoms. The van der Waals surface area contributed by atoms with Crippen molar-refractivity contribution >= 4 is 128 Å². The molecule has 3 nitrogen and oxygen atoms in total. The summed E-state index contributed by atoms with van der Waals surface area (Å²) in [7, 11) is 0. The van der Waals surface area contributed by atoms with Gasteiger partial charge in [-0.15, -0.1) is 22.7 Å². The minimum Gasteiger partial charge on any atom is -0.331 e. The lowest BCUT2D eigenvalue weighted by Crippen LogP contribution is -2.30. The molecule has 5 heterocycles. The van der Waals surface area contributed by atoms with Crippen molar-refractivity contribution in [1.82, 2.24) is 13.7 Å². The van der Waals surface area contributed by atoms with Crippen molar-refractivity contribution < 1.29 is 8.78 Å². The molecule has 11 aromatic carbocycles. The topological polar surface area (TPSA) is 14.8 Å². The molecule has 360 valence electrons. The summed E-state index contributed by atoms with van der Waals surface area (Å²) in [5.74, 6) is -0.739. The second kappa shape index (κ2) is 16.1. The van der Waals surface area contributed by atoms with Crippen LogP contribution in [0.1, 0.15) is 19.4 Å². The van der Waals surface area contributed by atoms with Crippen molar-refractivity contribution in [3.8, 4) is 33.6 Å². The van der Waals surface area contributed by atoms with Crippen LogP contribution in [0.15, 0.2) is 224 Å². The third-order valence-corrected chi connectivity index (χ3v) is 18.4. The molecule has 0 saturated carbocycles. The van der Waals surface area contributed by atoms with Crippen molar-refractivity contribution in [2.75, 3.05) is 0 Å². The summed E-state index contributed by atoms with van der Waals surface area (Å²) in [6.45, 7) is 4.48. The first-order chi connectivity index (χ1) is 37.3. The molecule has 0 aliphatic rings. The quantitative estimate of drug-likeness (QED) is 0.158. The van der Waals surface area contributed by atoms with Gasteiger partial charge in [0.15, 0.2) is 0 Å². The Morgan fingerprint density at radius 1 is 0.329 bits per heavy atom. The van der Waals surface area contributed by atoms with Gasteiger partial charge >= 0.3 is 0 Å². The van der Waals surface area contributed by atoms with Crippen LogP contribution < -0.4 is 0 Å². The zero-order chi connectivity index (χ0) is 50.6. The number of para-hydroxylation sites is 4. The molecule has 16 aromatic rings. The first kappa shape index (κ1) is 43.5. The number of aromatic nitrogens is 3. The Balaban J connectivity index is 1.19. The van der Waals surface area contributed by atoms with E-state index in [1.165, 1.54) is 40.3 Å². The average molecular weight is 1020 g/mol. The molecule has 0 fully saturated rings. The van der Waals surface area contributed by atoms with E-state index in [0.29, 0.717) is 22.3 Å². The molecule has 0 aliphatic carbocycles. The molecule has 0 radical (unpaired) electrons. The third kappa shape index (κ3) is 5.89. The average Bonchev–Trinajstić information content (AvgIpc) is 4.31. The van der Waals surface area contributed by atoms with Gasteiger partial charge in [-0.2, -0.15) is 0 Å². The smallest absolute Gasteiger partial charge is 0.131 e. The molecular weight excluding hydrogens is 973 g/mol. The Morgan fingerprint density at radius 2 is 0.697 bits per heavy atom. The summed E-state index contributed by atoms with van der Waals surface area (Å²) in [6.07, 6.45) is 0. The summed E-state index contributed by atoms with van der Waals surface area (Å²) in [5.41, 5.74) is 9.52. The zero-order valence-corrected chi connectivity index (χ0v) is 42.9. The van der Waals surface area contributed by atoms with Gasteiger partial charge in [0.25, 0.3) is 0 Å². The van der Waals surface area contributed by atoms with Gasteiger partial charge in [0.2, 0.25) is 0 Å². The summed E-state index contributed by atoms with van der Waals surface area (Å²) in [4.78, 5) is 0. The normalized spacial score (nSPS) is 12.5. The molecule has 0 unspecified atom stereocenters. The molecule has 0 atom stereocenters. The Labute approximate surface area is 442 Å². The van der Waals surface area contributed by atoms with Gasteiger partial charge in [-0.3, -0.25) is 0 Å². The van der Waals surface area contributed by atoms with Gasteiger partial charge in [-0.25, -0.2) is 8.78 Å². The molecular formula is C69H43F2N3S2. The number of halogens is 2. The van der Waals surface area contributed by atoms with Crippen molar-refractivity contribution in [3.63, 3.8) is 0 Å². The monoisotopic (exact) mass is 1020 g/mol. The number of rotatable bonds is 6. The van der Waals surface area contributed by atoms with Gasteiger partial charge in [0.05, 0.1) is 39.0 Å². The molecule has 0 aliphatic heterocycles. The maximum atomic E-state index is 17.8. The summed E-state index contributed by atoms with van der Waals surface area (Å²) < 4.78 is 47.7. The van der Waals surface area contributed by atoms with Crippen LogP contribution in [-0.4, -0.2) is 13.7 Å². The van der Waals surface area contributed by atoms with E-state index in [1.54, 1.807) is 46.9 Å². The van der Waals surface area contributed by atoms with Crippen LogP contribution in [0.25, 0.3) is 139 Å². The van der Waals surface area contributed by atoms with Gasteiger partial charge in [0, 0.05) is 106 Å². The zero-order valence-electron chi connectivity index (χ0n) is 41.3. The summed E-state index contributed by atoms with van der Waals surface area (Å²) >= 11 is 3.61. The van der Waals surface area contributed by atoms with Crippen LogP contribution in [0.4, 0.5) is 8.78 Å². The number of fused-ring (bicyclic) bond motifs is 17. The molecule has 0 N–H and O–H groups in total. The van der Waals surface area contributed by atoms with Gasteiger partial charge < -0.3 is 13.7 Å². The summed E-state index contributed by atoms with van der Waals surface area (Å²) in [6, 6.07) is 77.2. The van der Waals surface area contributed by atoms with Crippen molar-refractivity contribution in [2.45, 2.75) is 19.4 Å². The predicted molar refractivity (Wildman–Crippen MR) is 320 cm³/mol. The molecule has 0 bridgehead atoms. The maximum Gasteiger partial charge on any atom is 0.131 e. The highest BCUT2D eigenvalue weighted by Gasteiger charge is 2.38. The number of benzene rings is 11. The molecule has 16 rings (SSSR count). The minimum absolute atomic E-state index is 0.370. The van der Waals surface area contributed by atoms with Crippen molar-refractivity contribution in [1.29, 1.82) is 0 Å². The van der Waals surface area contributed by atoms with E-state index >= 15 is 8.78 Å². The van der Waals surface area contributed by atoms with Crippen LogP contribution in [0, 0.1) is 11.6 Å². The highest BCUT2D eigenvalue weighted by atomic mass is 32.1. The van der Waals surface area contributed by atoms with Gasteiger partial charge in [-0.05, 0) is 98.3 Å². The maximum absolute atomic E-state index is 17.8. The molecule has 7 heteroatoms. The largest absolute Gasteiger partial charge is 0.331 e.